The maximum atomic E-state index is 8.86. The molecule has 1 heterocycles. The first-order chi connectivity index (χ1) is 7.77. The molecule has 0 amide bonds. The van der Waals surface area contributed by atoms with Crippen LogP contribution in [0, 0.1) is 0 Å². The summed E-state index contributed by atoms with van der Waals surface area (Å²) >= 11 is 5.38. The summed E-state index contributed by atoms with van der Waals surface area (Å²) in [5.41, 5.74) is 1.49. The van der Waals surface area contributed by atoms with Crippen LogP contribution in [0.3, 0.4) is 0 Å². The van der Waals surface area contributed by atoms with Gasteiger partial charge in [-0.2, -0.15) is 0 Å². The van der Waals surface area contributed by atoms with E-state index in [1.54, 1.807) is 0 Å². The van der Waals surface area contributed by atoms with Gasteiger partial charge in [0.2, 0.25) is 0 Å². The molecule has 0 aliphatic heterocycles. The summed E-state index contributed by atoms with van der Waals surface area (Å²) in [7, 11) is 0. The van der Waals surface area contributed by atoms with Crippen LogP contribution in [0.4, 0.5) is 0 Å². The van der Waals surface area contributed by atoms with Gasteiger partial charge < -0.3 is 5.11 Å². The van der Waals surface area contributed by atoms with E-state index >= 15 is 0 Å². The quantitative estimate of drug-likeness (QED) is 0.698. The standard InChI is InChI=1S/C13H21BrOS/c1-2-3-4-5-7-11-10-13(14)16-12(11)8-6-9-15/h10,15H,2-9H2,1H3. The van der Waals surface area contributed by atoms with Crippen molar-refractivity contribution >= 4 is 27.3 Å². The minimum Gasteiger partial charge on any atom is -0.396 e. The van der Waals surface area contributed by atoms with Gasteiger partial charge in [-0.3, -0.25) is 0 Å². The topological polar surface area (TPSA) is 20.2 Å². The van der Waals surface area contributed by atoms with Gasteiger partial charge in [-0.25, -0.2) is 0 Å². The molecule has 0 radical (unpaired) electrons. The Kier molecular flexibility index (Phi) is 7.33. The number of hydrogen-bond donors (Lipinski definition) is 1. The highest BCUT2D eigenvalue weighted by atomic mass is 79.9. The van der Waals surface area contributed by atoms with Crippen LogP contribution >= 0.6 is 27.3 Å². The lowest BCUT2D eigenvalue weighted by atomic mass is 10.1. The lowest BCUT2D eigenvalue weighted by molar-refractivity contribution is 0.289. The number of rotatable bonds is 8. The summed E-state index contributed by atoms with van der Waals surface area (Å²) in [6, 6.07) is 2.25. The molecule has 1 N–H and O–H groups in total. The van der Waals surface area contributed by atoms with E-state index in [9.17, 15) is 0 Å². The lowest BCUT2D eigenvalue weighted by Gasteiger charge is -2.02. The zero-order valence-electron chi connectivity index (χ0n) is 9.97. The second-order valence-electron chi connectivity index (χ2n) is 4.14. The van der Waals surface area contributed by atoms with Crippen molar-refractivity contribution in [3.05, 3.63) is 20.3 Å². The van der Waals surface area contributed by atoms with Gasteiger partial charge in [0.1, 0.15) is 0 Å². The maximum absolute atomic E-state index is 8.86. The van der Waals surface area contributed by atoms with Crippen molar-refractivity contribution in [3.8, 4) is 0 Å². The summed E-state index contributed by atoms with van der Waals surface area (Å²) in [5.74, 6) is 0. The predicted molar refractivity (Wildman–Crippen MR) is 75.3 cm³/mol. The Morgan fingerprint density at radius 3 is 2.69 bits per heavy atom. The van der Waals surface area contributed by atoms with Crippen LogP contribution in [-0.2, 0) is 12.8 Å². The summed E-state index contributed by atoms with van der Waals surface area (Å²) in [6.45, 7) is 2.54. The van der Waals surface area contributed by atoms with Crippen LogP contribution in [0.1, 0.15) is 49.5 Å². The molecule has 1 rings (SSSR count). The lowest BCUT2D eigenvalue weighted by Crippen LogP contribution is -1.92. The third-order valence-electron chi connectivity index (χ3n) is 2.73. The summed E-state index contributed by atoms with van der Waals surface area (Å²) in [4.78, 5) is 1.46. The molecule has 0 aliphatic rings. The fourth-order valence-corrected chi connectivity index (χ4v) is 3.67. The van der Waals surface area contributed by atoms with E-state index < -0.39 is 0 Å². The zero-order chi connectivity index (χ0) is 11.8. The third kappa shape index (κ3) is 4.98. The highest BCUT2D eigenvalue weighted by Gasteiger charge is 2.07. The number of hydrogen-bond acceptors (Lipinski definition) is 2. The van der Waals surface area contributed by atoms with Crippen molar-refractivity contribution in [1.82, 2.24) is 0 Å². The smallest absolute Gasteiger partial charge is 0.0704 e. The van der Waals surface area contributed by atoms with Crippen molar-refractivity contribution in [3.63, 3.8) is 0 Å². The molecule has 92 valence electrons. The molecule has 0 saturated heterocycles. The SMILES string of the molecule is CCCCCCc1cc(Br)sc1CCCO. The van der Waals surface area contributed by atoms with E-state index in [1.165, 1.54) is 46.3 Å². The van der Waals surface area contributed by atoms with Crippen molar-refractivity contribution in [2.75, 3.05) is 6.61 Å². The molecule has 0 fully saturated rings. The number of thiophene rings is 1. The molecule has 1 aromatic heterocycles. The van der Waals surface area contributed by atoms with Gasteiger partial charge >= 0.3 is 0 Å². The molecule has 0 bridgehead atoms. The summed E-state index contributed by atoms with van der Waals surface area (Å²) in [5, 5.41) is 8.86. The molecule has 0 spiro atoms. The van der Waals surface area contributed by atoms with Gasteiger partial charge in [0.05, 0.1) is 3.79 Å². The van der Waals surface area contributed by atoms with Gasteiger partial charge in [0.15, 0.2) is 0 Å². The van der Waals surface area contributed by atoms with Crippen molar-refractivity contribution in [2.24, 2.45) is 0 Å². The first-order valence-corrected chi connectivity index (χ1v) is 7.76. The maximum Gasteiger partial charge on any atom is 0.0704 e. The zero-order valence-corrected chi connectivity index (χ0v) is 12.4. The molecule has 0 atom stereocenters. The molecule has 0 aromatic carbocycles. The number of aryl methyl sites for hydroxylation is 2. The van der Waals surface area contributed by atoms with Gasteiger partial charge in [-0.05, 0) is 53.2 Å². The van der Waals surface area contributed by atoms with E-state index in [4.69, 9.17) is 5.11 Å². The summed E-state index contributed by atoms with van der Waals surface area (Å²) < 4.78 is 1.23. The van der Waals surface area contributed by atoms with Gasteiger partial charge in [0.25, 0.3) is 0 Å². The first-order valence-electron chi connectivity index (χ1n) is 6.16. The molecule has 1 aromatic rings. The Bertz CT molecular complexity index is 296. The third-order valence-corrected chi connectivity index (χ3v) is 4.47. The fraction of sp³-hybridized carbons (Fsp3) is 0.692. The highest BCUT2D eigenvalue weighted by Crippen LogP contribution is 2.29. The van der Waals surface area contributed by atoms with Gasteiger partial charge in [-0.1, -0.05) is 26.2 Å². The molecule has 0 unspecified atom stereocenters. The van der Waals surface area contributed by atoms with Crippen LogP contribution in [0.25, 0.3) is 0 Å². The Balaban J connectivity index is 2.43. The van der Waals surface area contributed by atoms with Crippen LogP contribution in [0.2, 0.25) is 0 Å². The molecule has 0 aliphatic carbocycles. The molecule has 1 nitrogen and oxygen atoms in total. The minimum atomic E-state index is 0.296. The van der Waals surface area contributed by atoms with Gasteiger partial charge in [0, 0.05) is 11.5 Å². The average Bonchev–Trinajstić information content (AvgIpc) is 2.62. The Morgan fingerprint density at radius 1 is 1.19 bits per heavy atom. The number of halogens is 1. The van der Waals surface area contributed by atoms with E-state index in [-0.39, 0.29) is 0 Å². The first kappa shape index (κ1) is 14.2. The molecule has 0 saturated carbocycles. The molecule has 3 heteroatoms. The van der Waals surface area contributed by atoms with Crippen LogP contribution in [0.5, 0.6) is 0 Å². The molecule has 16 heavy (non-hydrogen) atoms. The van der Waals surface area contributed by atoms with Crippen molar-refractivity contribution in [1.29, 1.82) is 0 Å². The number of aliphatic hydroxyl groups excluding tert-OH is 1. The average molecular weight is 305 g/mol. The van der Waals surface area contributed by atoms with Gasteiger partial charge in [-0.15, -0.1) is 11.3 Å². The van der Waals surface area contributed by atoms with E-state index in [2.05, 4.69) is 28.9 Å². The summed E-state index contributed by atoms with van der Waals surface area (Å²) in [6.07, 6.45) is 8.38. The van der Waals surface area contributed by atoms with Crippen molar-refractivity contribution in [2.45, 2.75) is 51.9 Å². The van der Waals surface area contributed by atoms with Crippen LogP contribution in [0.15, 0.2) is 9.85 Å². The monoisotopic (exact) mass is 304 g/mol. The van der Waals surface area contributed by atoms with Crippen LogP contribution in [-0.4, -0.2) is 11.7 Å². The fourth-order valence-electron chi connectivity index (χ4n) is 1.84. The highest BCUT2D eigenvalue weighted by molar-refractivity contribution is 9.11. The second kappa shape index (κ2) is 8.26. The number of aliphatic hydroxyl groups is 1. The minimum absolute atomic E-state index is 0.296. The van der Waals surface area contributed by atoms with E-state index in [0.717, 1.165) is 12.8 Å². The normalized spacial score (nSPS) is 10.9. The number of unbranched alkanes of at least 4 members (excludes halogenated alkanes) is 3. The Hall–Kier alpha value is 0.140. The molecular weight excluding hydrogens is 284 g/mol. The van der Waals surface area contributed by atoms with E-state index in [0.29, 0.717) is 6.61 Å². The second-order valence-corrected chi connectivity index (χ2v) is 6.65. The van der Waals surface area contributed by atoms with E-state index in [1.807, 2.05) is 11.3 Å². The van der Waals surface area contributed by atoms with Crippen molar-refractivity contribution < 1.29 is 5.11 Å². The molecular formula is C13H21BrOS. The Morgan fingerprint density at radius 2 is 2.00 bits per heavy atom. The van der Waals surface area contributed by atoms with Crippen LogP contribution < -0.4 is 0 Å². The Labute approximate surface area is 111 Å². The largest absolute Gasteiger partial charge is 0.396 e. The predicted octanol–water partition coefficient (Wildman–Crippen LogP) is 4.56.